The van der Waals surface area contributed by atoms with Gasteiger partial charge >= 0.3 is 0 Å². The first-order chi connectivity index (χ1) is 8.01. The number of hydrogen-bond acceptors (Lipinski definition) is 4. The molecule has 0 aromatic carbocycles. The van der Waals surface area contributed by atoms with Gasteiger partial charge in [-0.1, -0.05) is 20.8 Å². The van der Waals surface area contributed by atoms with Gasteiger partial charge in [0.25, 0.3) is 0 Å². The predicted octanol–water partition coefficient (Wildman–Crippen LogP) is 1.19. The Balaban J connectivity index is 2.26. The average Bonchev–Trinajstić information content (AvgIpc) is 2.51. The number of nitrogens with one attached hydrogen (secondary N) is 1. The Morgan fingerprint density at radius 3 is 2.65 bits per heavy atom. The Kier molecular flexibility index (Phi) is 6.41. The molecular weight excluding hydrogens is 214 g/mol. The van der Waals surface area contributed by atoms with Crippen LogP contribution in [0.2, 0.25) is 0 Å². The molecule has 0 bridgehead atoms. The van der Waals surface area contributed by atoms with Crippen LogP contribution in [-0.4, -0.2) is 62.9 Å². The molecule has 1 aliphatic rings. The van der Waals surface area contributed by atoms with Gasteiger partial charge in [0.15, 0.2) is 0 Å². The second-order valence-electron chi connectivity index (χ2n) is 6.05. The third kappa shape index (κ3) is 6.99. The van der Waals surface area contributed by atoms with E-state index in [1.165, 1.54) is 13.0 Å². The van der Waals surface area contributed by atoms with Crippen LogP contribution in [0, 0.1) is 5.41 Å². The molecule has 0 radical (unpaired) electrons. The lowest BCUT2D eigenvalue weighted by atomic mass is 9.97. The van der Waals surface area contributed by atoms with Crippen LogP contribution >= 0.6 is 0 Å². The van der Waals surface area contributed by atoms with E-state index < -0.39 is 0 Å². The zero-order valence-corrected chi connectivity index (χ0v) is 12.0. The van der Waals surface area contributed by atoms with Crippen LogP contribution in [0.3, 0.4) is 0 Å². The molecule has 1 rings (SSSR count). The molecule has 1 heterocycles. The third-order valence-electron chi connectivity index (χ3n) is 3.01. The first kappa shape index (κ1) is 14.9. The van der Waals surface area contributed by atoms with Crippen molar-refractivity contribution in [3.8, 4) is 0 Å². The van der Waals surface area contributed by atoms with E-state index in [9.17, 15) is 0 Å². The number of rotatable bonds is 5. The number of hydroxylamine groups is 2. The van der Waals surface area contributed by atoms with E-state index in [2.05, 4.69) is 36.1 Å². The van der Waals surface area contributed by atoms with Crippen LogP contribution < -0.4 is 5.32 Å². The van der Waals surface area contributed by atoms with E-state index in [1.54, 1.807) is 7.11 Å². The van der Waals surface area contributed by atoms with Gasteiger partial charge in [0.2, 0.25) is 0 Å². The molecule has 0 aromatic heterocycles. The Morgan fingerprint density at radius 1 is 1.24 bits per heavy atom. The average molecular weight is 243 g/mol. The van der Waals surface area contributed by atoms with Crippen molar-refractivity contribution in [1.82, 2.24) is 15.3 Å². The highest BCUT2D eigenvalue weighted by Gasteiger charge is 2.17. The molecule has 0 atom stereocenters. The Labute approximate surface area is 106 Å². The molecule has 0 unspecified atom stereocenters. The maximum Gasteiger partial charge on any atom is 0.0575 e. The molecular formula is C13H29N3O. The zero-order chi connectivity index (χ0) is 12.7. The lowest BCUT2D eigenvalue weighted by molar-refractivity contribution is -0.149. The number of nitrogens with zero attached hydrogens (tertiary/aromatic N) is 2. The van der Waals surface area contributed by atoms with Crippen LogP contribution in [0.15, 0.2) is 0 Å². The normalized spacial score (nSPS) is 19.6. The minimum atomic E-state index is 0.288. The molecule has 17 heavy (non-hydrogen) atoms. The standard InChI is InChI=1S/C13H29N3O/c1-13(2,3)12-16(17-4)11-10-15-8-5-6-14-7-9-15/h14H,5-12H2,1-4H3. The van der Waals surface area contributed by atoms with Gasteiger partial charge < -0.3 is 15.1 Å². The van der Waals surface area contributed by atoms with Crippen molar-refractivity contribution in [2.24, 2.45) is 5.41 Å². The van der Waals surface area contributed by atoms with E-state index in [-0.39, 0.29) is 5.41 Å². The molecule has 4 heteroatoms. The van der Waals surface area contributed by atoms with Crippen molar-refractivity contribution in [2.45, 2.75) is 27.2 Å². The Bertz CT molecular complexity index is 195. The lowest BCUT2D eigenvalue weighted by Crippen LogP contribution is -2.39. The molecule has 0 saturated carbocycles. The van der Waals surface area contributed by atoms with Crippen LogP contribution in [0.4, 0.5) is 0 Å². The van der Waals surface area contributed by atoms with Gasteiger partial charge in [-0.3, -0.25) is 0 Å². The van der Waals surface area contributed by atoms with E-state index in [0.717, 1.165) is 39.3 Å². The summed E-state index contributed by atoms with van der Waals surface area (Å²) in [5.74, 6) is 0. The second-order valence-corrected chi connectivity index (χ2v) is 6.05. The fourth-order valence-electron chi connectivity index (χ4n) is 2.14. The van der Waals surface area contributed by atoms with Gasteiger partial charge in [-0.05, 0) is 24.9 Å². The van der Waals surface area contributed by atoms with Crippen LogP contribution in [0.1, 0.15) is 27.2 Å². The molecule has 0 aliphatic carbocycles. The molecule has 4 nitrogen and oxygen atoms in total. The molecule has 1 N–H and O–H groups in total. The largest absolute Gasteiger partial charge is 0.315 e. The SMILES string of the molecule is CON(CCN1CCCNCC1)CC(C)(C)C. The van der Waals surface area contributed by atoms with Crippen molar-refractivity contribution in [2.75, 3.05) is 52.9 Å². The Morgan fingerprint density at radius 2 is 2.00 bits per heavy atom. The van der Waals surface area contributed by atoms with E-state index in [1.807, 2.05) is 0 Å². The highest BCUT2D eigenvalue weighted by molar-refractivity contribution is 4.69. The molecule has 102 valence electrons. The first-order valence-electron chi connectivity index (χ1n) is 6.73. The monoisotopic (exact) mass is 243 g/mol. The maximum absolute atomic E-state index is 5.44. The minimum absolute atomic E-state index is 0.288. The summed E-state index contributed by atoms with van der Waals surface area (Å²) in [6, 6.07) is 0. The summed E-state index contributed by atoms with van der Waals surface area (Å²) in [6.07, 6.45) is 1.26. The van der Waals surface area contributed by atoms with Crippen molar-refractivity contribution in [3.05, 3.63) is 0 Å². The predicted molar refractivity (Wildman–Crippen MR) is 72.0 cm³/mol. The lowest BCUT2D eigenvalue weighted by Gasteiger charge is -2.30. The smallest absolute Gasteiger partial charge is 0.0575 e. The summed E-state index contributed by atoms with van der Waals surface area (Å²) in [5.41, 5.74) is 0.288. The van der Waals surface area contributed by atoms with Crippen molar-refractivity contribution < 1.29 is 4.84 Å². The van der Waals surface area contributed by atoms with Crippen LogP contribution in [-0.2, 0) is 4.84 Å². The summed E-state index contributed by atoms with van der Waals surface area (Å²) in [7, 11) is 1.77. The van der Waals surface area contributed by atoms with Crippen molar-refractivity contribution in [1.29, 1.82) is 0 Å². The van der Waals surface area contributed by atoms with Crippen molar-refractivity contribution in [3.63, 3.8) is 0 Å². The minimum Gasteiger partial charge on any atom is -0.315 e. The maximum atomic E-state index is 5.44. The van der Waals surface area contributed by atoms with Crippen LogP contribution in [0.25, 0.3) is 0 Å². The fraction of sp³-hybridized carbons (Fsp3) is 1.00. The summed E-state index contributed by atoms with van der Waals surface area (Å²) in [6.45, 7) is 14.5. The van der Waals surface area contributed by atoms with Crippen LogP contribution in [0.5, 0.6) is 0 Å². The van der Waals surface area contributed by atoms with E-state index >= 15 is 0 Å². The van der Waals surface area contributed by atoms with Gasteiger partial charge in [-0.25, -0.2) is 0 Å². The molecule has 0 spiro atoms. The van der Waals surface area contributed by atoms with E-state index in [0.29, 0.717) is 0 Å². The molecule has 0 aromatic rings. The Hall–Kier alpha value is -0.160. The van der Waals surface area contributed by atoms with Gasteiger partial charge in [0, 0.05) is 32.7 Å². The zero-order valence-electron chi connectivity index (χ0n) is 12.0. The summed E-state index contributed by atoms with van der Waals surface area (Å²) >= 11 is 0. The first-order valence-corrected chi connectivity index (χ1v) is 6.73. The highest BCUT2D eigenvalue weighted by Crippen LogP contribution is 2.15. The molecule has 1 fully saturated rings. The third-order valence-corrected chi connectivity index (χ3v) is 3.01. The van der Waals surface area contributed by atoms with E-state index in [4.69, 9.17) is 4.84 Å². The van der Waals surface area contributed by atoms with Gasteiger partial charge in [-0.2, -0.15) is 5.06 Å². The molecule has 0 amide bonds. The van der Waals surface area contributed by atoms with Crippen molar-refractivity contribution >= 4 is 0 Å². The van der Waals surface area contributed by atoms with Gasteiger partial charge in [-0.15, -0.1) is 0 Å². The summed E-state index contributed by atoms with van der Waals surface area (Å²) in [4.78, 5) is 7.96. The number of hydrogen-bond donors (Lipinski definition) is 1. The highest BCUT2D eigenvalue weighted by atomic mass is 16.7. The summed E-state index contributed by atoms with van der Waals surface area (Å²) in [5, 5.41) is 5.51. The summed E-state index contributed by atoms with van der Waals surface area (Å²) < 4.78 is 0. The van der Waals surface area contributed by atoms with Gasteiger partial charge in [0.1, 0.15) is 0 Å². The molecule has 1 aliphatic heterocycles. The topological polar surface area (TPSA) is 27.7 Å². The molecule has 1 saturated heterocycles. The fourth-order valence-corrected chi connectivity index (χ4v) is 2.14. The quantitative estimate of drug-likeness (QED) is 0.734. The van der Waals surface area contributed by atoms with Gasteiger partial charge in [0.05, 0.1) is 7.11 Å². The second kappa shape index (κ2) is 7.31.